The second-order valence-electron chi connectivity index (χ2n) is 6.25. The number of hydrogen-bond donors (Lipinski definition) is 1. The molecule has 1 N–H and O–H groups in total. The number of H-pyrrole nitrogens is 1. The van der Waals surface area contributed by atoms with Crippen LogP contribution < -0.4 is 4.90 Å². The summed E-state index contributed by atoms with van der Waals surface area (Å²) in [6.45, 7) is 2.39. The van der Waals surface area contributed by atoms with Gasteiger partial charge in [-0.1, -0.05) is 42.5 Å². The first-order valence-electron chi connectivity index (χ1n) is 8.50. The van der Waals surface area contributed by atoms with Crippen molar-refractivity contribution in [3.63, 3.8) is 0 Å². The highest BCUT2D eigenvalue weighted by Crippen LogP contribution is 2.27. The molecule has 3 aromatic rings. The summed E-state index contributed by atoms with van der Waals surface area (Å²) in [5.74, 6) is 0. The van der Waals surface area contributed by atoms with Gasteiger partial charge in [0.1, 0.15) is 0 Å². The van der Waals surface area contributed by atoms with Gasteiger partial charge in [0.25, 0.3) is 0 Å². The molecule has 0 spiro atoms. The smallest absolute Gasteiger partial charge is 0.0458 e. The lowest BCUT2D eigenvalue weighted by Gasteiger charge is -2.28. The molecule has 0 amide bonds. The molecule has 0 aliphatic carbocycles. The topological polar surface area (TPSA) is 19.0 Å². The summed E-state index contributed by atoms with van der Waals surface area (Å²) >= 11 is 0. The van der Waals surface area contributed by atoms with Gasteiger partial charge in [-0.3, -0.25) is 0 Å². The Hall–Kier alpha value is -2.48. The van der Waals surface area contributed by atoms with Gasteiger partial charge in [0.2, 0.25) is 0 Å². The van der Waals surface area contributed by atoms with Crippen molar-refractivity contribution in [2.75, 3.05) is 18.0 Å². The van der Waals surface area contributed by atoms with Gasteiger partial charge in [-0.25, -0.2) is 0 Å². The number of rotatable bonds is 3. The minimum atomic E-state index is 1.17. The average Bonchev–Trinajstić information content (AvgIpc) is 3.14. The SMILES string of the molecule is c1ccc(-c2ccc(-c3ccc(N4CCCCC4)cc3)[nH]2)cc1. The Labute approximate surface area is 137 Å². The van der Waals surface area contributed by atoms with Crippen LogP contribution in [-0.2, 0) is 0 Å². The highest BCUT2D eigenvalue weighted by atomic mass is 15.1. The van der Waals surface area contributed by atoms with E-state index in [1.54, 1.807) is 0 Å². The first kappa shape index (κ1) is 14.1. The molecule has 1 saturated heterocycles. The molecule has 0 bridgehead atoms. The van der Waals surface area contributed by atoms with Gasteiger partial charge in [-0.05, 0) is 54.7 Å². The lowest BCUT2D eigenvalue weighted by molar-refractivity contribution is 0.578. The van der Waals surface area contributed by atoms with E-state index in [0.717, 1.165) is 0 Å². The van der Waals surface area contributed by atoms with Crippen molar-refractivity contribution in [2.45, 2.75) is 19.3 Å². The largest absolute Gasteiger partial charge is 0.372 e. The fraction of sp³-hybridized carbons (Fsp3) is 0.238. The van der Waals surface area contributed by atoms with Crippen LogP contribution in [0.1, 0.15) is 19.3 Å². The second-order valence-corrected chi connectivity index (χ2v) is 6.25. The number of piperidine rings is 1. The molecular formula is C21H22N2. The molecule has 1 aliphatic rings. The molecule has 1 fully saturated rings. The number of anilines is 1. The zero-order chi connectivity index (χ0) is 15.5. The van der Waals surface area contributed by atoms with Crippen LogP contribution in [0.25, 0.3) is 22.5 Å². The monoisotopic (exact) mass is 302 g/mol. The Morgan fingerprint density at radius 1 is 0.609 bits per heavy atom. The summed E-state index contributed by atoms with van der Waals surface area (Å²) in [5, 5.41) is 0. The summed E-state index contributed by atoms with van der Waals surface area (Å²) in [6, 6.07) is 23.7. The minimum Gasteiger partial charge on any atom is -0.372 e. The van der Waals surface area contributed by atoms with E-state index < -0.39 is 0 Å². The molecule has 0 radical (unpaired) electrons. The Balaban J connectivity index is 1.55. The van der Waals surface area contributed by atoms with Crippen LogP contribution in [0.3, 0.4) is 0 Å². The average molecular weight is 302 g/mol. The standard InChI is InChI=1S/C21H22N2/c1-3-7-17(8-4-1)20-13-14-21(22-20)18-9-11-19(12-10-18)23-15-5-2-6-16-23/h1,3-4,7-14,22H,2,5-6,15-16H2. The third kappa shape index (κ3) is 3.02. The number of benzene rings is 2. The highest BCUT2D eigenvalue weighted by Gasteiger charge is 2.11. The van der Waals surface area contributed by atoms with E-state index in [2.05, 4.69) is 70.5 Å². The molecule has 0 saturated carbocycles. The van der Waals surface area contributed by atoms with E-state index in [1.165, 1.54) is 60.6 Å². The summed E-state index contributed by atoms with van der Waals surface area (Å²) in [4.78, 5) is 6.03. The zero-order valence-corrected chi connectivity index (χ0v) is 13.3. The molecule has 2 heterocycles. The van der Waals surface area contributed by atoms with Crippen molar-refractivity contribution in [3.05, 3.63) is 66.7 Å². The van der Waals surface area contributed by atoms with Crippen LogP contribution >= 0.6 is 0 Å². The van der Waals surface area contributed by atoms with E-state index in [-0.39, 0.29) is 0 Å². The van der Waals surface area contributed by atoms with Crippen LogP contribution in [0.15, 0.2) is 66.7 Å². The van der Waals surface area contributed by atoms with E-state index in [1.807, 2.05) is 6.07 Å². The van der Waals surface area contributed by atoms with Crippen molar-refractivity contribution in [1.82, 2.24) is 4.98 Å². The molecule has 0 unspecified atom stereocenters. The van der Waals surface area contributed by atoms with Gasteiger partial charge >= 0.3 is 0 Å². The Kier molecular flexibility index (Phi) is 3.89. The normalized spacial score (nSPS) is 14.9. The molecule has 2 nitrogen and oxygen atoms in total. The molecule has 116 valence electrons. The number of aromatic nitrogens is 1. The lowest BCUT2D eigenvalue weighted by atomic mass is 10.1. The van der Waals surface area contributed by atoms with Gasteiger partial charge in [0.15, 0.2) is 0 Å². The van der Waals surface area contributed by atoms with Crippen LogP contribution in [0.5, 0.6) is 0 Å². The molecule has 4 rings (SSSR count). The predicted molar refractivity (Wildman–Crippen MR) is 97.7 cm³/mol. The van der Waals surface area contributed by atoms with Crippen LogP contribution in [0, 0.1) is 0 Å². The Morgan fingerprint density at radius 2 is 1.22 bits per heavy atom. The zero-order valence-electron chi connectivity index (χ0n) is 13.3. The van der Waals surface area contributed by atoms with Crippen molar-refractivity contribution in [3.8, 4) is 22.5 Å². The lowest BCUT2D eigenvalue weighted by Crippen LogP contribution is -2.29. The summed E-state index contributed by atoms with van der Waals surface area (Å²) in [5.41, 5.74) is 6.16. The van der Waals surface area contributed by atoms with Crippen LogP contribution in [0.2, 0.25) is 0 Å². The molecule has 2 heteroatoms. The highest BCUT2D eigenvalue weighted by molar-refractivity contribution is 5.69. The van der Waals surface area contributed by atoms with E-state index in [4.69, 9.17) is 0 Å². The quantitative estimate of drug-likeness (QED) is 0.692. The molecule has 1 aromatic heterocycles. The van der Waals surface area contributed by atoms with E-state index in [0.29, 0.717) is 0 Å². The first-order valence-corrected chi connectivity index (χ1v) is 8.50. The maximum absolute atomic E-state index is 3.53. The predicted octanol–water partition coefficient (Wildman–Crippen LogP) is 5.34. The molecule has 23 heavy (non-hydrogen) atoms. The Morgan fingerprint density at radius 3 is 1.87 bits per heavy atom. The maximum Gasteiger partial charge on any atom is 0.0458 e. The van der Waals surface area contributed by atoms with Gasteiger partial charge < -0.3 is 9.88 Å². The fourth-order valence-corrected chi connectivity index (χ4v) is 3.35. The summed E-state index contributed by atoms with van der Waals surface area (Å²) < 4.78 is 0. The molecule has 2 aromatic carbocycles. The number of hydrogen-bond acceptors (Lipinski definition) is 1. The third-order valence-electron chi connectivity index (χ3n) is 4.67. The minimum absolute atomic E-state index is 1.17. The van der Waals surface area contributed by atoms with Crippen LogP contribution in [0.4, 0.5) is 5.69 Å². The van der Waals surface area contributed by atoms with Gasteiger partial charge in [0, 0.05) is 30.2 Å². The number of nitrogens with one attached hydrogen (secondary N) is 1. The van der Waals surface area contributed by atoms with Crippen molar-refractivity contribution < 1.29 is 0 Å². The van der Waals surface area contributed by atoms with Gasteiger partial charge in [-0.15, -0.1) is 0 Å². The second kappa shape index (κ2) is 6.33. The van der Waals surface area contributed by atoms with Gasteiger partial charge in [-0.2, -0.15) is 0 Å². The van der Waals surface area contributed by atoms with E-state index in [9.17, 15) is 0 Å². The van der Waals surface area contributed by atoms with Crippen molar-refractivity contribution in [1.29, 1.82) is 0 Å². The molecule has 0 atom stereocenters. The van der Waals surface area contributed by atoms with Crippen molar-refractivity contribution in [2.24, 2.45) is 0 Å². The van der Waals surface area contributed by atoms with Gasteiger partial charge in [0.05, 0.1) is 0 Å². The Bertz CT molecular complexity index is 750. The fourth-order valence-electron chi connectivity index (χ4n) is 3.35. The summed E-state index contributed by atoms with van der Waals surface area (Å²) in [7, 11) is 0. The summed E-state index contributed by atoms with van der Waals surface area (Å²) in [6.07, 6.45) is 4.01. The maximum atomic E-state index is 3.53. The third-order valence-corrected chi connectivity index (χ3v) is 4.67. The number of nitrogens with zero attached hydrogens (tertiary/aromatic N) is 1. The number of aromatic amines is 1. The molecule has 1 aliphatic heterocycles. The first-order chi connectivity index (χ1) is 11.4. The molecular weight excluding hydrogens is 280 g/mol. The van der Waals surface area contributed by atoms with Crippen LogP contribution in [-0.4, -0.2) is 18.1 Å². The van der Waals surface area contributed by atoms with Crippen molar-refractivity contribution >= 4 is 5.69 Å². The van der Waals surface area contributed by atoms with E-state index >= 15 is 0 Å².